The van der Waals surface area contributed by atoms with Crippen molar-refractivity contribution in [2.75, 3.05) is 0 Å². The van der Waals surface area contributed by atoms with Gasteiger partial charge in [-0.2, -0.15) is 0 Å². The van der Waals surface area contributed by atoms with E-state index in [0.717, 1.165) is 12.7 Å². The summed E-state index contributed by atoms with van der Waals surface area (Å²) in [6.07, 6.45) is 11.7. The third-order valence-electron chi connectivity index (χ3n) is 1.91. The number of carbonyl (C=O) groups is 1. The van der Waals surface area contributed by atoms with Crippen molar-refractivity contribution in [2.24, 2.45) is 11.8 Å². The molecule has 0 saturated carbocycles. The summed E-state index contributed by atoms with van der Waals surface area (Å²) < 4.78 is 0. The normalized spacial score (nSPS) is 29.5. The van der Waals surface area contributed by atoms with Gasteiger partial charge < -0.3 is 4.79 Å². The highest BCUT2D eigenvalue weighted by atomic mass is 16.1. The van der Waals surface area contributed by atoms with E-state index < -0.39 is 0 Å². The maximum atomic E-state index is 10.5. The lowest BCUT2D eigenvalue weighted by Gasteiger charge is -2.06. The van der Waals surface area contributed by atoms with Crippen molar-refractivity contribution in [1.82, 2.24) is 0 Å². The van der Waals surface area contributed by atoms with E-state index in [-0.39, 0.29) is 5.92 Å². The fourth-order valence-electron chi connectivity index (χ4n) is 1.25. The van der Waals surface area contributed by atoms with E-state index in [1.165, 1.54) is 0 Å². The Hall–Kier alpha value is -1.11. The molecule has 0 N–H and O–H groups in total. The number of hydrogen-bond acceptors (Lipinski definition) is 1. The minimum Gasteiger partial charge on any atom is -0.303 e. The Morgan fingerprint density at radius 2 is 2.36 bits per heavy atom. The first-order chi connectivity index (χ1) is 5.38. The fraction of sp³-hybridized carbons (Fsp3) is 0.300. The van der Waals surface area contributed by atoms with Gasteiger partial charge in [-0.1, -0.05) is 37.0 Å². The Kier molecular flexibility index (Phi) is 2.84. The van der Waals surface area contributed by atoms with Gasteiger partial charge in [-0.3, -0.25) is 0 Å². The van der Waals surface area contributed by atoms with Gasteiger partial charge in [0.2, 0.25) is 0 Å². The van der Waals surface area contributed by atoms with Crippen LogP contribution in [-0.2, 0) is 4.79 Å². The van der Waals surface area contributed by atoms with Crippen molar-refractivity contribution < 1.29 is 4.79 Å². The van der Waals surface area contributed by atoms with Gasteiger partial charge in [-0.25, -0.2) is 0 Å². The first-order valence-corrected chi connectivity index (χ1v) is 3.79. The average Bonchev–Trinajstić information content (AvgIpc) is 2.47. The highest BCUT2D eigenvalue weighted by Gasteiger charge is 2.18. The van der Waals surface area contributed by atoms with E-state index in [1.54, 1.807) is 6.08 Å². The molecule has 0 heterocycles. The summed E-state index contributed by atoms with van der Waals surface area (Å²) in [6, 6.07) is 0. The molecule has 2 unspecified atom stereocenters. The molecule has 0 fully saturated rings. The third kappa shape index (κ3) is 1.90. The summed E-state index contributed by atoms with van der Waals surface area (Å²) >= 11 is 0. The van der Waals surface area contributed by atoms with E-state index in [1.807, 2.05) is 12.2 Å². The first-order valence-electron chi connectivity index (χ1n) is 3.79. The summed E-state index contributed by atoms with van der Waals surface area (Å²) in [4.78, 5) is 10.5. The van der Waals surface area contributed by atoms with E-state index in [2.05, 4.69) is 18.7 Å². The Labute approximate surface area is 67.1 Å². The fourth-order valence-corrected chi connectivity index (χ4v) is 1.25. The molecular formula is C10H12O. The van der Waals surface area contributed by atoms with Crippen LogP contribution in [0.15, 0.2) is 37.0 Å². The van der Waals surface area contributed by atoms with Crippen LogP contribution in [0.5, 0.6) is 0 Å². The maximum Gasteiger partial charge on any atom is 0.124 e. The van der Waals surface area contributed by atoms with Gasteiger partial charge in [0.15, 0.2) is 0 Å². The number of rotatable bonds is 3. The Balaban J connectivity index is 2.55. The molecule has 0 aromatic carbocycles. The number of carbonyl (C=O) groups excluding carboxylic acids is 1. The summed E-state index contributed by atoms with van der Waals surface area (Å²) in [5.41, 5.74) is 0. The van der Waals surface area contributed by atoms with Gasteiger partial charge in [0.05, 0.1) is 0 Å². The predicted octanol–water partition coefficient (Wildman–Crippen LogP) is 2.12. The highest BCUT2D eigenvalue weighted by molar-refractivity contribution is 5.57. The van der Waals surface area contributed by atoms with Crippen molar-refractivity contribution in [3.8, 4) is 0 Å². The molecule has 1 rings (SSSR count). The molecule has 0 aromatic heterocycles. The lowest BCUT2D eigenvalue weighted by molar-refractivity contribution is -0.111. The second kappa shape index (κ2) is 3.91. The molecule has 0 spiro atoms. The van der Waals surface area contributed by atoms with Crippen LogP contribution in [0.4, 0.5) is 0 Å². The van der Waals surface area contributed by atoms with E-state index in [4.69, 9.17) is 0 Å². The lowest BCUT2D eigenvalue weighted by Crippen LogP contribution is -2.05. The zero-order valence-electron chi connectivity index (χ0n) is 6.44. The van der Waals surface area contributed by atoms with Crippen LogP contribution in [0, 0.1) is 11.8 Å². The van der Waals surface area contributed by atoms with Gasteiger partial charge in [-0.05, 0) is 6.42 Å². The SMILES string of the molecule is C=C/C=C/C1C=CCC1C=O. The molecule has 0 saturated heterocycles. The van der Waals surface area contributed by atoms with E-state index in [9.17, 15) is 4.79 Å². The third-order valence-corrected chi connectivity index (χ3v) is 1.91. The molecule has 58 valence electrons. The Morgan fingerprint density at radius 3 is 3.00 bits per heavy atom. The van der Waals surface area contributed by atoms with Crippen LogP contribution in [0.1, 0.15) is 6.42 Å². The van der Waals surface area contributed by atoms with Gasteiger partial charge in [0.25, 0.3) is 0 Å². The molecule has 2 atom stereocenters. The molecule has 11 heavy (non-hydrogen) atoms. The largest absolute Gasteiger partial charge is 0.303 e. The van der Waals surface area contributed by atoms with Crippen LogP contribution >= 0.6 is 0 Å². The number of aldehydes is 1. The average molecular weight is 148 g/mol. The lowest BCUT2D eigenvalue weighted by atomic mass is 9.97. The van der Waals surface area contributed by atoms with Crippen LogP contribution in [0.2, 0.25) is 0 Å². The number of hydrogen-bond donors (Lipinski definition) is 0. The van der Waals surface area contributed by atoms with Gasteiger partial charge >= 0.3 is 0 Å². The quantitative estimate of drug-likeness (QED) is 0.340. The Bertz CT molecular complexity index is 201. The zero-order chi connectivity index (χ0) is 8.10. The van der Waals surface area contributed by atoms with Gasteiger partial charge in [-0.15, -0.1) is 0 Å². The molecule has 1 aliphatic carbocycles. The second-order valence-electron chi connectivity index (χ2n) is 2.66. The van der Waals surface area contributed by atoms with Crippen LogP contribution in [0.25, 0.3) is 0 Å². The molecule has 1 nitrogen and oxygen atoms in total. The smallest absolute Gasteiger partial charge is 0.124 e. The summed E-state index contributed by atoms with van der Waals surface area (Å²) in [6.45, 7) is 3.57. The summed E-state index contributed by atoms with van der Waals surface area (Å²) in [7, 11) is 0. The maximum absolute atomic E-state index is 10.5. The monoisotopic (exact) mass is 148 g/mol. The Morgan fingerprint density at radius 1 is 1.55 bits per heavy atom. The first kappa shape index (κ1) is 7.99. The van der Waals surface area contributed by atoms with Crippen LogP contribution in [0.3, 0.4) is 0 Å². The van der Waals surface area contributed by atoms with Crippen molar-refractivity contribution in [1.29, 1.82) is 0 Å². The molecule has 0 amide bonds. The van der Waals surface area contributed by atoms with Crippen LogP contribution < -0.4 is 0 Å². The minimum absolute atomic E-state index is 0.159. The molecule has 0 aromatic rings. The van der Waals surface area contributed by atoms with E-state index >= 15 is 0 Å². The second-order valence-corrected chi connectivity index (χ2v) is 2.66. The van der Waals surface area contributed by atoms with Crippen molar-refractivity contribution in [3.63, 3.8) is 0 Å². The molecule has 1 aliphatic rings. The van der Waals surface area contributed by atoms with Gasteiger partial charge in [0, 0.05) is 11.8 Å². The van der Waals surface area contributed by atoms with Gasteiger partial charge in [0.1, 0.15) is 6.29 Å². The predicted molar refractivity (Wildman–Crippen MR) is 46.1 cm³/mol. The summed E-state index contributed by atoms with van der Waals surface area (Å²) in [5, 5.41) is 0. The molecule has 0 aliphatic heterocycles. The zero-order valence-corrected chi connectivity index (χ0v) is 6.44. The molecular weight excluding hydrogens is 136 g/mol. The molecule has 1 heteroatoms. The molecule has 0 bridgehead atoms. The van der Waals surface area contributed by atoms with Crippen LogP contribution in [-0.4, -0.2) is 6.29 Å². The van der Waals surface area contributed by atoms with Crippen molar-refractivity contribution in [2.45, 2.75) is 6.42 Å². The topological polar surface area (TPSA) is 17.1 Å². The molecule has 0 radical (unpaired) electrons. The summed E-state index contributed by atoms with van der Waals surface area (Å²) in [5.74, 6) is 0.455. The van der Waals surface area contributed by atoms with Crippen molar-refractivity contribution in [3.05, 3.63) is 37.0 Å². The van der Waals surface area contributed by atoms with E-state index in [0.29, 0.717) is 5.92 Å². The minimum atomic E-state index is 0.159. The standard InChI is InChI=1S/C10H12O/c1-2-3-5-9-6-4-7-10(9)8-11/h2-6,8-10H,1,7H2/b5-3+. The van der Waals surface area contributed by atoms with Crippen molar-refractivity contribution >= 4 is 6.29 Å². The highest BCUT2D eigenvalue weighted by Crippen LogP contribution is 2.24. The number of allylic oxidation sites excluding steroid dienone is 5.